The van der Waals surface area contributed by atoms with Crippen LogP contribution in [0, 0.1) is 0 Å². The van der Waals surface area contributed by atoms with Crippen LogP contribution in [0.1, 0.15) is 5.69 Å². The summed E-state index contributed by atoms with van der Waals surface area (Å²) in [5.74, 6) is 0.597. The molecule has 2 aromatic heterocycles. The summed E-state index contributed by atoms with van der Waals surface area (Å²) in [6.45, 7) is -2.57. The van der Waals surface area contributed by atoms with Crippen LogP contribution in [0.15, 0.2) is 49.1 Å². The Morgan fingerprint density at radius 1 is 1.21 bits per heavy atom. The summed E-state index contributed by atoms with van der Waals surface area (Å²) in [4.78, 5) is 8.31. The lowest BCUT2D eigenvalue weighted by molar-refractivity contribution is -0.0496. The van der Waals surface area contributed by atoms with E-state index in [-0.39, 0.29) is 5.75 Å². The fourth-order valence-electron chi connectivity index (χ4n) is 2.22. The van der Waals surface area contributed by atoms with Crippen LogP contribution in [-0.2, 0) is 6.54 Å². The maximum atomic E-state index is 12.7. The SMILES string of the molecule is COc1cccc(-c2nc(Cn3cncn3)ccc2OC(F)F)c1. The molecule has 0 radical (unpaired) electrons. The number of methoxy groups -OCH3 is 1. The van der Waals surface area contributed by atoms with E-state index in [2.05, 4.69) is 19.8 Å². The van der Waals surface area contributed by atoms with Gasteiger partial charge < -0.3 is 9.47 Å². The smallest absolute Gasteiger partial charge is 0.387 e. The third-order valence-electron chi connectivity index (χ3n) is 3.27. The molecule has 0 spiro atoms. The summed E-state index contributed by atoms with van der Waals surface area (Å²) in [6, 6.07) is 10.1. The predicted octanol–water partition coefficient (Wildman–Crippen LogP) is 3.00. The van der Waals surface area contributed by atoms with Crippen LogP contribution in [0.25, 0.3) is 11.3 Å². The molecular weight excluding hydrogens is 318 g/mol. The number of rotatable bonds is 6. The number of pyridine rings is 1. The predicted molar refractivity (Wildman–Crippen MR) is 82.0 cm³/mol. The van der Waals surface area contributed by atoms with Crippen molar-refractivity contribution < 1.29 is 18.3 Å². The summed E-state index contributed by atoms with van der Waals surface area (Å²) >= 11 is 0. The van der Waals surface area contributed by atoms with E-state index in [1.54, 1.807) is 41.3 Å². The van der Waals surface area contributed by atoms with Crippen molar-refractivity contribution in [3.8, 4) is 22.8 Å². The zero-order chi connectivity index (χ0) is 16.9. The zero-order valence-corrected chi connectivity index (χ0v) is 12.8. The first kappa shape index (κ1) is 15.9. The van der Waals surface area contributed by atoms with Crippen molar-refractivity contribution in [1.82, 2.24) is 19.7 Å². The number of ether oxygens (including phenoxy) is 2. The van der Waals surface area contributed by atoms with E-state index in [0.717, 1.165) is 0 Å². The monoisotopic (exact) mass is 332 g/mol. The van der Waals surface area contributed by atoms with Gasteiger partial charge in [-0.3, -0.25) is 0 Å². The van der Waals surface area contributed by atoms with Gasteiger partial charge in [0.1, 0.15) is 24.1 Å². The van der Waals surface area contributed by atoms with Gasteiger partial charge in [0.15, 0.2) is 5.75 Å². The Hall–Kier alpha value is -3.03. The number of aromatic nitrogens is 4. The minimum absolute atomic E-state index is 0.000549. The fraction of sp³-hybridized carbons (Fsp3) is 0.188. The lowest BCUT2D eigenvalue weighted by Crippen LogP contribution is -2.07. The minimum atomic E-state index is -2.93. The molecule has 124 valence electrons. The largest absolute Gasteiger partial charge is 0.497 e. The molecule has 0 saturated carbocycles. The van der Waals surface area contributed by atoms with Crippen LogP contribution in [-0.4, -0.2) is 33.5 Å². The molecule has 0 saturated heterocycles. The van der Waals surface area contributed by atoms with E-state index in [4.69, 9.17) is 4.74 Å². The molecular formula is C16H14F2N4O2. The minimum Gasteiger partial charge on any atom is -0.497 e. The van der Waals surface area contributed by atoms with Crippen LogP contribution in [0.4, 0.5) is 8.78 Å². The van der Waals surface area contributed by atoms with E-state index in [0.29, 0.717) is 29.2 Å². The Morgan fingerprint density at radius 3 is 2.79 bits per heavy atom. The second kappa shape index (κ2) is 7.03. The molecule has 1 aromatic carbocycles. The lowest BCUT2D eigenvalue weighted by Gasteiger charge is -2.12. The average molecular weight is 332 g/mol. The van der Waals surface area contributed by atoms with E-state index in [1.807, 2.05) is 0 Å². The lowest BCUT2D eigenvalue weighted by atomic mass is 10.1. The molecule has 0 amide bonds. The number of nitrogens with zero attached hydrogens (tertiary/aromatic N) is 4. The Kier molecular flexibility index (Phi) is 4.64. The molecule has 24 heavy (non-hydrogen) atoms. The first-order valence-corrected chi connectivity index (χ1v) is 7.07. The first-order valence-electron chi connectivity index (χ1n) is 7.07. The maximum Gasteiger partial charge on any atom is 0.387 e. The highest BCUT2D eigenvalue weighted by Gasteiger charge is 2.15. The van der Waals surface area contributed by atoms with Gasteiger partial charge in [-0.15, -0.1) is 0 Å². The Bertz CT molecular complexity index is 810. The van der Waals surface area contributed by atoms with E-state index >= 15 is 0 Å². The number of hydrogen-bond donors (Lipinski definition) is 0. The fourth-order valence-corrected chi connectivity index (χ4v) is 2.22. The Labute approximate surface area is 136 Å². The molecule has 8 heteroatoms. The topological polar surface area (TPSA) is 62.1 Å². The van der Waals surface area contributed by atoms with Gasteiger partial charge in [-0.05, 0) is 24.3 Å². The summed E-state index contributed by atoms with van der Waals surface area (Å²) < 4.78 is 36.7. The van der Waals surface area contributed by atoms with Gasteiger partial charge in [0, 0.05) is 5.56 Å². The van der Waals surface area contributed by atoms with Gasteiger partial charge in [0.05, 0.1) is 19.3 Å². The second-order valence-electron chi connectivity index (χ2n) is 4.85. The van der Waals surface area contributed by atoms with Crippen LogP contribution >= 0.6 is 0 Å². The zero-order valence-electron chi connectivity index (χ0n) is 12.8. The average Bonchev–Trinajstić information content (AvgIpc) is 3.09. The van der Waals surface area contributed by atoms with Gasteiger partial charge in [0.2, 0.25) is 0 Å². The van der Waals surface area contributed by atoms with Crippen molar-refractivity contribution in [2.45, 2.75) is 13.2 Å². The molecule has 6 nitrogen and oxygen atoms in total. The summed E-state index contributed by atoms with van der Waals surface area (Å²) in [7, 11) is 1.53. The van der Waals surface area contributed by atoms with Gasteiger partial charge in [-0.25, -0.2) is 14.6 Å². The first-order chi connectivity index (χ1) is 11.7. The van der Waals surface area contributed by atoms with Crippen molar-refractivity contribution in [2.24, 2.45) is 0 Å². The van der Waals surface area contributed by atoms with E-state index < -0.39 is 6.61 Å². The Morgan fingerprint density at radius 2 is 2.08 bits per heavy atom. The normalized spacial score (nSPS) is 10.8. The number of hydrogen-bond acceptors (Lipinski definition) is 5. The van der Waals surface area contributed by atoms with Gasteiger partial charge in [-0.1, -0.05) is 12.1 Å². The van der Waals surface area contributed by atoms with Crippen molar-refractivity contribution in [2.75, 3.05) is 7.11 Å². The van der Waals surface area contributed by atoms with Crippen LogP contribution in [0.2, 0.25) is 0 Å². The van der Waals surface area contributed by atoms with Crippen molar-refractivity contribution in [3.05, 3.63) is 54.7 Å². The molecule has 3 aromatic rings. The molecule has 0 bridgehead atoms. The summed E-state index contributed by atoms with van der Waals surface area (Å²) in [5, 5.41) is 4.01. The van der Waals surface area contributed by atoms with Crippen molar-refractivity contribution >= 4 is 0 Å². The molecule has 0 fully saturated rings. The molecule has 2 heterocycles. The van der Waals surface area contributed by atoms with Crippen LogP contribution < -0.4 is 9.47 Å². The highest BCUT2D eigenvalue weighted by molar-refractivity contribution is 5.67. The molecule has 0 N–H and O–H groups in total. The molecule has 0 aliphatic rings. The third kappa shape index (κ3) is 3.65. The summed E-state index contributed by atoms with van der Waals surface area (Å²) in [6.07, 6.45) is 2.97. The summed E-state index contributed by atoms with van der Waals surface area (Å²) in [5.41, 5.74) is 1.57. The molecule has 0 aliphatic carbocycles. The van der Waals surface area contributed by atoms with E-state index in [9.17, 15) is 8.78 Å². The number of halogens is 2. The van der Waals surface area contributed by atoms with E-state index in [1.165, 1.54) is 19.5 Å². The number of benzene rings is 1. The molecule has 0 aliphatic heterocycles. The quantitative estimate of drug-likeness (QED) is 0.694. The van der Waals surface area contributed by atoms with Crippen molar-refractivity contribution in [1.29, 1.82) is 0 Å². The van der Waals surface area contributed by atoms with Gasteiger partial charge in [-0.2, -0.15) is 13.9 Å². The highest BCUT2D eigenvalue weighted by atomic mass is 19.3. The van der Waals surface area contributed by atoms with Gasteiger partial charge in [0.25, 0.3) is 0 Å². The molecule has 0 atom stereocenters. The van der Waals surface area contributed by atoms with Crippen molar-refractivity contribution in [3.63, 3.8) is 0 Å². The molecule has 3 rings (SSSR count). The second-order valence-corrected chi connectivity index (χ2v) is 4.85. The highest BCUT2D eigenvalue weighted by Crippen LogP contribution is 2.31. The van der Waals surface area contributed by atoms with Crippen LogP contribution in [0.3, 0.4) is 0 Å². The van der Waals surface area contributed by atoms with Gasteiger partial charge >= 0.3 is 6.61 Å². The maximum absolute atomic E-state index is 12.7. The number of alkyl halides is 2. The Balaban J connectivity index is 2.01. The third-order valence-corrected chi connectivity index (χ3v) is 3.27. The standard InChI is InChI=1S/C16H14F2N4O2/c1-23-13-4-2-3-11(7-13)15-14(24-16(17)18)6-5-12(21-15)8-22-10-19-9-20-22/h2-7,9-10,16H,8H2,1H3. The molecule has 0 unspecified atom stereocenters. The van der Waals surface area contributed by atoms with Crippen LogP contribution in [0.5, 0.6) is 11.5 Å².